The third-order valence-corrected chi connectivity index (χ3v) is 7.35. The highest BCUT2D eigenvalue weighted by molar-refractivity contribution is 7.89. The summed E-state index contributed by atoms with van der Waals surface area (Å²) in [6, 6.07) is 16.1. The third-order valence-electron chi connectivity index (χ3n) is 5.46. The lowest BCUT2D eigenvalue weighted by atomic mass is 10.2. The second-order valence-electron chi connectivity index (χ2n) is 7.70. The predicted molar refractivity (Wildman–Crippen MR) is 127 cm³/mol. The average Bonchev–Trinajstić information content (AvgIpc) is 3.12. The van der Waals surface area contributed by atoms with Gasteiger partial charge in [0, 0.05) is 36.1 Å². The molecule has 0 aliphatic carbocycles. The Bertz CT molecular complexity index is 1280. The molecule has 0 saturated carbocycles. The van der Waals surface area contributed by atoms with E-state index in [1.165, 1.54) is 22.5 Å². The van der Waals surface area contributed by atoms with Gasteiger partial charge in [-0.1, -0.05) is 24.3 Å². The van der Waals surface area contributed by atoms with Crippen LogP contribution in [0.1, 0.15) is 17.0 Å². The molecule has 0 radical (unpaired) electrons. The number of nitrogens with one attached hydrogen (secondary N) is 1. The van der Waals surface area contributed by atoms with Crippen LogP contribution >= 0.6 is 0 Å². The minimum Gasteiger partial charge on any atom is -0.379 e. The fourth-order valence-electron chi connectivity index (χ4n) is 3.73. The van der Waals surface area contributed by atoms with Crippen molar-refractivity contribution in [3.05, 3.63) is 77.6 Å². The van der Waals surface area contributed by atoms with Crippen LogP contribution in [0.15, 0.2) is 65.6 Å². The van der Waals surface area contributed by atoms with Crippen LogP contribution in [0.4, 0.5) is 5.69 Å². The number of nitrogens with zero attached hydrogens (tertiary/aromatic N) is 3. The lowest BCUT2D eigenvalue weighted by molar-refractivity contribution is -0.111. The number of carbonyl (C=O) groups is 1. The van der Waals surface area contributed by atoms with E-state index in [0.29, 0.717) is 32.0 Å². The minimum absolute atomic E-state index is 0.141. The van der Waals surface area contributed by atoms with Crippen molar-refractivity contribution in [2.75, 3.05) is 31.6 Å². The number of hydrogen-bond donors (Lipinski definition) is 1. The molecule has 8 nitrogen and oxygen atoms in total. The number of ether oxygens (including phenoxy) is 1. The van der Waals surface area contributed by atoms with E-state index >= 15 is 0 Å². The van der Waals surface area contributed by atoms with E-state index in [2.05, 4.69) is 10.4 Å². The Kier molecular flexibility index (Phi) is 6.73. The zero-order valence-corrected chi connectivity index (χ0v) is 19.4. The first-order valence-corrected chi connectivity index (χ1v) is 12.1. The van der Waals surface area contributed by atoms with Crippen LogP contribution in [0, 0.1) is 13.8 Å². The first kappa shape index (κ1) is 22.9. The topological polar surface area (TPSA) is 93.5 Å². The number of anilines is 1. The Morgan fingerprint density at radius 1 is 1.06 bits per heavy atom. The summed E-state index contributed by atoms with van der Waals surface area (Å²) >= 11 is 0. The van der Waals surface area contributed by atoms with Gasteiger partial charge in [0.1, 0.15) is 0 Å². The summed E-state index contributed by atoms with van der Waals surface area (Å²) in [6.45, 7) is 5.23. The van der Waals surface area contributed by atoms with E-state index in [-0.39, 0.29) is 10.8 Å². The van der Waals surface area contributed by atoms with Crippen LogP contribution in [0.2, 0.25) is 0 Å². The highest BCUT2D eigenvalue weighted by atomic mass is 32.2. The molecule has 1 N–H and O–H groups in total. The van der Waals surface area contributed by atoms with Gasteiger partial charge in [0.05, 0.1) is 29.5 Å². The quantitative estimate of drug-likeness (QED) is 0.564. The lowest BCUT2D eigenvalue weighted by Gasteiger charge is -2.26. The number of sulfonamides is 1. The standard InChI is InChI=1S/C24H26N4O4S/c1-18-23(19(2)28(26-18)21-8-4-3-5-9-21)11-12-24(29)25-20-7-6-10-22(17-20)33(30,31)27-13-15-32-16-14-27/h3-12,17H,13-16H2,1-2H3,(H,25,29)/b12-11+. The van der Waals surface area contributed by atoms with Gasteiger partial charge in [0.25, 0.3) is 0 Å². The Morgan fingerprint density at radius 2 is 1.79 bits per heavy atom. The van der Waals surface area contributed by atoms with E-state index in [1.54, 1.807) is 18.2 Å². The molecule has 1 aliphatic rings. The number of benzene rings is 2. The van der Waals surface area contributed by atoms with Crippen LogP contribution in [-0.4, -0.2) is 54.7 Å². The van der Waals surface area contributed by atoms with Crippen LogP contribution in [0.5, 0.6) is 0 Å². The van der Waals surface area contributed by atoms with Gasteiger partial charge >= 0.3 is 0 Å². The summed E-state index contributed by atoms with van der Waals surface area (Å²) in [4.78, 5) is 12.7. The number of hydrogen-bond acceptors (Lipinski definition) is 5. The molecule has 33 heavy (non-hydrogen) atoms. The van der Waals surface area contributed by atoms with Crippen molar-refractivity contribution < 1.29 is 17.9 Å². The number of aryl methyl sites for hydroxylation is 1. The van der Waals surface area contributed by atoms with Gasteiger partial charge in [-0.25, -0.2) is 13.1 Å². The zero-order valence-electron chi connectivity index (χ0n) is 18.6. The highest BCUT2D eigenvalue weighted by Gasteiger charge is 2.26. The summed E-state index contributed by atoms with van der Waals surface area (Å²) in [6.07, 6.45) is 3.15. The summed E-state index contributed by atoms with van der Waals surface area (Å²) in [5.74, 6) is -0.359. The third kappa shape index (κ3) is 5.05. The van der Waals surface area contributed by atoms with Gasteiger partial charge < -0.3 is 10.1 Å². The smallest absolute Gasteiger partial charge is 0.248 e. The van der Waals surface area contributed by atoms with Crippen LogP contribution in [-0.2, 0) is 19.6 Å². The molecule has 3 aromatic rings. The SMILES string of the molecule is Cc1nn(-c2ccccc2)c(C)c1/C=C/C(=O)Nc1cccc(S(=O)(=O)N2CCOCC2)c1. The van der Waals surface area contributed by atoms with Gasteiger partial charge in [-0.2, -0.15) is 9.40 Å². The molecule has 0 unspecified atom stereocenters. The van der Waals surface area contributed by atoms with E-state index < -0.39 is 10.0 Å². The Hall–Kier alpha value is -3.27. The molecular formula is C24H26N4O4S. The van der Waals surface area contributed by atoms with Crippen LogP contribution in [0.25, 0.3) is 11.8 Å². The molecule has 1 aromatic heterocycles. The van der Waals surface area contributed by atoms with Crippen LogP contribution < -0.4 is 5.32 Å². The molecular weight excluding hydrogens is 440 g/mol. The first-order chi connectivity index (χ1) is 15.9. The average molecular weight is 467 g/mol. The number of amides is 1. The van der Waals surface area contributed by atoms with Gasteiger partial charge in [0.2, 0.25) is 15.9 Å². The maximum absolute atomic E-state index is 12.9. The predicted octanol–water partition coefficient (Wildman–Crippen LogP) is 3.16. The molecule has 0 atom stereocenters. The van der Waals surface area contributed by atoms with Crippen molar-refractivity contribution in [1.29, 1.82) is 0 Å². The summed E-state index contributed by atoms with van der Waals surface area (Å²) in [5.41, 5.74) is 3.94. The summed E-state index contributed by atoms with van der Waals surface area (Å²) in [7, 11) is -3.64. The normalized spacial score (nSPS) is 15.1. The number of carbonyl (C=O) groups excluding carboxylic acids is 1. The molecule has 0 spiro atoms. The number of aromatic nitrogens is 2. The number of para-hydroxylation sites is 1. The monoisotopic (exact) mass is 466 g/mol. The molecule has 9 heteroatoms. The van der Waals surface area contributed by atoms with Crippen molar-refractivity contribution >= 4 is 27.7 Å². The molecule has 2 heterocycles. The van der Waals surface area contributed by atoms with E-state index in [1.807, 2.05) is 48.9 Å². The molecule has 1 aliphatic heterocycles. The van der Waals surface area contributed by atoms with Crippen molar-refractivity contribution in [1.82, 2.24) is 14.1 Å². The van der Waals surface area contributed by atoms with E-state index in [4.69, 9.17) is 4.74 Å². The maximum atomic E-state index is 12.9. The first-order valence-electron chi connectivity index (χ1n) is 10.6. The van der Waals surface area contributed by atoms with Crippen molar-refractivity contribution in [2.24, 2.45) is 0 Å². The second-order valence-corrected chi connectivity index (χ2v) is 9.64. The molecule has 2 aromatic carbocycles. The van der Waals surface area contributed by atoms with Gasteiger partial charge in [-0.15, -0.1) is 0 Å². The Balaban J connectivity index is 1.49. The lowest BCUT2D eigenvalue weighted by Crippen LogP contribution is -2.40. The van der Waals surface area contributed by atoms with Gasteiger partial charge in [-0.05, 0) is 50.3 Å². The fraction of sp³-hybridized carbons (Fsp3) is 0.250. The number of rotatable bonds is 6. The van der Waals surface area contributed by atoms with Crippen LogP contribution in [0.3, 0.4) is 0 Å². The molecule has 1 saturated heterocycles. The number of morpholine rings is 1. The fourth-order valence-corrected chi connectivity index (χ4v) is 5.18. The summed E-state index contributed by atoms with van der Waals surface area (Å²) < 4.78 is 34.2. The van der Waals surface area contributed by atoms with Gasteiger partial charge in [0.15, 0.2) is 0 Å². The Morgan fingerprint density at radius 3 is 2.52 bits per heavy atom. The van der Waals surface area contributed by atoms with E-state index in [9.17, 15) is 13.2 Å². The highest BCUT2D eigenvalue weighted by Crippen LogP contribution is 2.22. The molecule has 0 bridgehead atoms. The van der Waals surface area contributed by atoms with Crippen molar-refractivity contribution in [3.63, 3.8) is 0 Å². The maximum Gasteiger partial charge on any atom is 0.248 e. The minimum atomic E-state index is -3.64. The summed E-state index contributed by atoms with van der Waals surface area (Å²) in [5, 5.41) is 7.32. The van der Waals surface area contributed by atoms with Crippen molar-refractivity contribution in [3.8, 4) is 5.69 Å². The largest absolute Gasteiger partial charge is 0.379 e. The Labute approximate surface area is 193 Å². The second kappa shape index (κ2) is 9.70. The van der Waals surface area contributed by atoms with E-state index in [0.717, 1.165) is 22.6 Å². The zero-order chi connectivity index (χ0) is 23.4. The molecule has 1 fully saturated rings. The molecule has 4 rings (SSSR count). The molecule has 172 valence electrons. The van der Waals surface area contributed by atoms with Gasteiger partial charge in [-0.3, -0.25) is 4.79 Å². The molecule has 1 amide bonds. The van der Waals surface area contributed by atoms with Crippen molar-refractivity contribution in [2.45, 2.75) is 18.7 Å².